The highest BCUT2D eigenvalue weighted by Gasteiger charge is 2.58. The standard InChI is InChI=1S/C21H27N3O6/c1-12(2)30-19(25)17-13(3)22-23-21(20(26)27,15-8-4-5-9-15)18(17)14-7-6-10-16(11-14)24(28)29/h6-7,10-12,15,18,22-23H,4-5,8-9H2,1-3H3,(H,26,27). The van der Waals surface area contributed by atoms with Crippen molar-refractivity contribution in [2.45, 2.75) is 64.0 Å². The molecule has 9 nitrogen and oxygen atoms in total. The highest BCUT2D eigenvalue weighted by molar-refractivity contribution is 5.95. The van der Waals surface area contributed by atoms with E-state index >= 15 is 0 Å². The van der Waals surface area contributed by atoms with Gasteiger partial charge >= 0.3 is 11.9 Å². The van der Waals surface area contributed by atoms with Crippen molar-refractivity contribution in [1.82, 2.24) is 10.9 Å². The summed E-state index contributed by atoms with van der Waals surface area (Å²) in [6.45, 7) is 5.09. The maximum Gasteiger partial charge on any atom is 0.336 e. The van der Waals surface area contributed by atoms with Crippen LogP contribution in [0.2, 0.25) is 0 Å². The molecule has 9 heteroatoms. The largest absolute Gasteiger partial charge is 0.480 e. The number of non-ortho nitro benzene ring substituents is 1. The number of carboxylic acid groups (broad SMARTS) is 1. The molecule has 0 bridgehead atoms. The van der Waals surface area contributed by atoms with E-state index in [4.69, 9.17) is 4.74 Å². The van der Waals surface area contributed by atoms with Crippen LogP contribution < -0.4 is 10.9 Å². The normalized spacial score (nSPS) is 24.6. The number of ether oxygens (including phenoxy) is 1. The lowest BCUT2D eigenvalue weighted by Gasteiger charge is -2.46. The third-order valence-corrected chi connectivity index (χ3v) is 5.93. The van der Waals surface area contributed by atoms with Gasteiger partial charge in [0.05, 0.1) is 16.6 Å². The minimum atomic E-state index is -1.55. The number of benzene rings is 1. The monoisotopic (exact) mass is 417 g/mol. The van der Waals surface area contributed by atoms with Gasteiger partial charge in [-0.2, -0.15) is 0 Å². The molecular weight excluding hydrogens is 390 g/mol. The Morgan fingerprint density at radius 1 is 1.30 bits per heavy atom. The van der Waals surface area contributed by atoms with Crippen molar-refractivity contribution in [3.05, 3.63) is 51.2 Å². The molecule has 0 radical (unpaired) electrons. The second kappa shape index (κ2) is 8.43. The first kappa shape index (κ1) is 21.8. The van der Waals surface area contributed by atoms with E-state index in [9.17, 15) is 24.8 Å². The van der Waals surface area contributed by atoms with E-state index in [1.807, 2.05) is 0 Å². The van der Waals surface area contributed by atoms with Gasteiger partial charge < -0.3 is 15.3 Å². The third kappa shape index (κ3) is 3.77. The lowest BCUT2D eigenvalue weighted by molar-refractivity contribution is -0.384. The maximum absolute atomic E-state index is 13.1. The average Bonchev–Trinajstić information content (AvgIpc) is 3.22. The zero-order valence-corrected chi connectivity index (χ0v) is 17.3. The lowest BCUT2D eigenvalue weighted by atomic mass is 9.66. The number of allylic oxidation sites excluding steroid dienone is 1. The average molecular weight is 417 g/mol. The Hall–Kier alpha value is -2.94. The van der Waals surface area contributed by atoms with Gasteiger partial charge in [0.15, 0.2) is 0 Å². The summed E-state index contributed by atoms with van der Waals surface area (Å²) < 4.78 is 5.43. The van der Waals surface area contributed by atoms with Crippen molar-refractivity contribution >= 4 is 17.6 Å². The van der Waals surface area contributed by atoms with Crippen LogP contribution in [0, 0.1) is 16.0 Å². The van der Waals surface area contributed by atoms with E-state index in [-0.39, 0.29) is 17.2 Å². The van der Waals surface area contributed by atoms with Crippen LogP contribution in [0.4, 0.5) is 5.69 Å². The van der Waals surface area contributed by atoms with Crippen LogP contribution in [-0.2, 0) is 14.3 Å². The Balaban J connectivity index is 2.25. The first-order valence-electron chi connectivity index (χ1n) is 10.1. The minimum absolute atomic E-state index is 0.161. The van der Waals surface area contributed by atoms with E-state index in [2.05, 4.69) is 10.9 Å². The number of hydrogen-bond donors (Lipinski definition) is 3. The molecule has 0 aromatic heterocycles. The van der Waals surface area contributed by atoms with Crippen molar-refractivity contribution in [3.63, 3.8) is 0 Å². The van der Waals surface area contributed by atoms with Crippen LogP contribution >= 0.6 is 0 Å². The van der Waals surface area contributed by atoms with Crippen molar-refractivity contribution in [2.24, 2.45) is 5.92 Å². The number of nitro benzene ring substituents is 1. The zero-order chi connectivity index (χ0) is 22.1. The molecule has 1 aliphatic carbocycles. The number of esters is 1. The van der Waals surface area contributed by atoms with Crippen LogP contribution in [-0.4, -0.2) is 33.6 Å². The Morgan fingerprint density at radius 2 is 1.97 bits per heavy atom. The van der Waals surface area contributed by atoms with Crippen LogP contribution in [0.25, 0.3) is 0 Å². The van der Waals surface area contributed by atoms with Gasteiger partial charge in [-0.25, -0.2) is 10.2 Å². The first-order chi connectivity index (χ1) is 14.2. The van der Waals surface area contributed by atoms with Crippen molar-refractivity contribution in [2.75, 3.05) is 0 Å². The van der Waals surface area contributed by atoms with Crippen molar-refractivity contribution in [1.29, 1.82) is 0 Å². The highest BCUT2D eigenvalue weighted by atomic mass is 16.6. The number of carbonyl (C=O) groups is 2. The Bertz CT molecular complexity index is 890. The molecule has 1 heterocycles. The van der Waals surface area contributed by atoms with E-state index < -0.39 is 34.4 Å². The molecule has 1 saturated carbocycles. The molecule has 0 saturated heterocycles. The molecule has 2 atom stereocenters. The molecule has 1 aromatic carbocycles. The third-order valence-electron chi connectivity index (χ3n) is 5.93. The quantitative estimate of drug-likeness (QED) is 0.366. The molecule has 0 amide bonds. The zero-order valence-electron chi connectivity index (χ0n) is 17.3. The van der Waals surface area contributed by atoms with Crippen molar-refractivity contribution < 1.29 is 24.4 Å². The smallest absolute Gasteiger partial charge is 0.336 e. The number of hydrogen-bond acceptors (Lipinski definition) is 7. The molecule has 3 N–H and O–H groups in total. The SMILES string of the molecule is CC1=C(C(=O)OC(C)C)C(c2cccc([N+](=O)[O-])c2)C(C(=O)O)(C2CCCC2)NN1. The van der Waals surface area contributed by atoms with Gasteiger partial charge in [-0.15, -0.1) is 0 Å². The van der Waals surface area contributed by atoms with Crippen LogP contribution in [0.5, 0.6) is 0 Å². The lowest BCUT2D eigenvalue weighted by Crippen LogP contribution is -2.67. The number of carbonyl (C=O) groups excluding carboxylic acids is 1. The van der Waals surface area contributed by atoms with E-state index in [0.29, 0.717) is 24.1 Å². The summed E-state index contributed by atoms with van der Waals surface area (Å²) in [6.07, 6.45) is 2.73. The van der Waals surface area contributed by atoms with Crippen LogP contribution in [0.3, 0.4) is 0 Å². The fourth-order valence-electron chi connectivity index (χ4n) is 4.65. The number of carboxylic acids is 1. The number of aliphatic carboxylic acids is 1. The summed E-state index contributed by atoms with van der Waals surface area (Å²) in [6, 6.07) is 5.84. The predicted molar refractivity (Wildman–Crippen MR) is 108 cm³/mol. The Kier molecular flexibility index (Phi) is 6.12. The number of nitro groups is 1. The molecule has 0 spiro atoms. The molecule has 2 unspecified atom stereocenters. The fourth-order valence-corrected chi connectivity index (χ4v) is 4.65. The number of nitrogens with one attached hydrogen (secondary N) is 2. The van der Waals surface area contributed by atoms with Crippen LogP contribution in [0.15, 0.2) is 35.5 Å². The van der Waals surface area contributed by atoms with Gasteiger partial charge in [0.1, 0.15) is 5.54 Å². The number of hydrazine groups is 1. The van der Waals surface area contributed by atoms with Gasteiger partial charge in [-0.1, -0.05) is 25.0 Å². The second-order valence-electron chi connectivity index (χ2n) is 8.18. The fraction of sp³-hybridized carbons (Fsp3) is 0.524. The summed E-state index contributed by atoms with van der Waals surface area (Å²) in [4.78, 5) is 36.7. The molecule has 30 heavy (non-hydrogen) atoms. The maximum atomic E-state index is 13.1. The molecule has 1 fully saturated rings. The van der Waals surface area contributed by atoms with Gasteiger partial charge in [0, 0.05) is 23.7 Å². The summed E-state index contributed by atoms with van der Waals surface area (Å²) >= 11 is 0. The summed E-state index contributed by atoms with van der Waals surface area (Å²) in [5.74, 6) is -2.95. The number of rotatable bonds is 6. The van der Waals surface area contributed by atoms with Crippen molar-refractivity contribution in [3.8, 4) is 0 Å². The van der Waals surface area contributed by atoms with Gasteiger partial charge in [-0.05, 0) is 45.1 Å². The molecular formula is C21H27N3O6. The molecule has 2 aliphatic rings. The summed E-state index contributed by atoms with van der Waals surface area (Å²) in [5.41, 5.74) is 5.16. The number of nitrogens with zero attached hydrogens (tertiary/aromatic N) is 1. The van der Waals surface area contributed by atoms with Gasteiger partial charge in [0.2, 0.25) is 0 Å². The van der Waals surface area contributed by atoms with E-state index in [0.717, 1.165) is 12.8 Å². The minimum Gasteiger partial charge on any atom is -0.480 e. The second-order valence-corrected chi connectivity index (χ2v) is 8.18. The Labute approximate surface area is 174 Å². The Morgan fingerprint density at radius 3 is 2.53 bits per heavy atom. The van der Waals surface area contributed by atoms with Gasteiger partial charge in [0.25, 0.3) is 5.69 Å². The molecule has 162 valence electrons. The van der Waals surface area contributed by atoms with Crippen LogP contribution in [0.1, 0.15) is 57.9 Å². The van der Waals surface area contributed by atoms with E-state index in [1.54, 1.807) is 26.8 Å². The molecule has 1 aliphatic heterocycles. The first-order valence-corrected chi connectivity index (χ1v) is 10.1. The highest BCUT2D eigenvalue weighted by Crippen LogP contribution is 2.48. The summed E-state index contributed by atoms with van der Waals surface area (Å²) in [5, 5.41) is 21.8. The molecule has 1 aromatic rings. The topological polar surface area (TPSA) is 131 Å². The van der Waals surface area contributed by atoms with E-state index in [1.165, 1.54) is 18.2 Å². The predicted octanol–water partition coefficient (Wildman–Crippen LogP) is 3.03. The molecule has 3 rings (SSSR count). The van der Waals surface area contributed by atoms with Gasteiger partial charge in [-0.3, -0.25) is 14.9 Å². The summed E-state index contributed by atoms with van der Waals surface area (Å²) in [7, 11) is 0.